The lowest BCUT2D eigenvalue weighted by molar-refractivity contribution is 0.0124. The number of nitrogens with zero attached hydrogens (tertiary/aromatic N) is 4. The Morgan fingerprint density at radius 2 is 1.81 bits per heavy atom. The first kappa shape index (κ1) is 34.9. The molecule has 0 unspecified atom stereocenters. The van der Waals surface area contributed by atoms with Crippen LogP contribution in [0.1, 0.15) is 52.2 Å². The molecule has 13 heteroatoms. The van der Waals surface area contributed by atoms with E-state index in [9.17, 15) is 17.6 Å². The molecular weight excluding hydrogens is 640 g/mol. The first-order valence-corrected chi connectivity index (χ1v) is 17.7. The van der Waals surface area contributed by atoms with Crippen LogP contribution < -0.4 is 10.1 Å². The van der Waals surface area contributed by atoms with Crippen LogP contribution in [0, 0.1) is 18.7 Å². The zero-order chi connectivity index (χ0) is 34.8. The average Bonchev–Trinajstić information content (AvgIpc) is 2.98. The number of anilines is 1. The van der Waals surface area contributed by atoms with E-state index in [0.717, 1.165) is 5.56 Å². The molecule has 3 heterocycles. The van der Waals surface area contributed by atoms with Crippen LogP contribution in [0.5, 0.6) is 11.6 Å². The average molecular weight is 682 g/mol. The van der Waals surface area contributed by atoms with Gasteiger partial charge in [-0.2, -0.15) is 0 Å². The third kappa shape index (κ3) is 8.55. The number of fused-ring (bicyclic) bond motifs is 1. The zero-order valence-corrected chi connectivity index (χ0v) is 28.8. The highest BCUT2D eigenvalue weighted by atomic mass is 32.2. The van der Waals surface area contributed by atoms with Gasteiger partial charge in [-0.15, -0.1) is 0 Å². The van der Waals surface area contributed by atoms with Crippen LogP contribution in [0.2, 0.25) is 0 Å². The molecule has 1 amide bonds. The van der Waals surface area contributed by atoms with Gasteiger partial charge in [0, 0.05) is 42.4 Å². The summed E-state index contributed by atoms with van der Waals surface area (Å²) in [6.07, 6.45) is 1.45. The summed E-state index contributed by atoms with van der Waals surface area (Å²) in [6.45, 7) is 10.9. The Labute approximate surface area is 279 Å². The number of ether oxygens (including phenoxy) is 2. The SMILES string of the molecule is Cc1ccc2c(CS(=O)(=O)CC(C)C)c(F)ccc2c1Oc1ncccc1-c1ccnc(N[C@H]2C[C@H](F)CN(C(=O)OC(C)(C)C)C2)n1. The summed E-state index contributed by atoms with van der Waals surface area (Å²) in [7, 11) is -3.56. The molecule has 0 bridgehead atoms. The Balaban J connectivity index is 1.42. The number of alkyl halides is 1. The van der Waals surface area contributed by atoms with Crippen molar-refractivity contribution in [3.05, 3.63) is 71.8 Å². The van der Waals surface area contributed by atoms with Gasteiger partial charge in [0.15, 0.2) is 9.84 Å². The number of amides is 1. The maximum atomic E-state index is 15.1. The molecule has 48 heavy (non-hydrogen) atoms. The van der Waals surface area contributed by atoms with E-state index >= 15 is 4.39 Å². The molecule has 0 saturated carbocycles. The first-order chi connectivity index (χ1) is 22.6. The zero-order valence-electron chi connectivity index (χ0n) is 28.0. The number of likely N-dealkylation sites (tertiary alicyclic amines) is 1. The second kappa shape index (κ2) is 14.0. The van der Waals surface area contributed by atoms with E-state index in [4.69, 9.17) is 9.47 Å². The number of nitrogens with one attached hydrogen (secondary N) is 1. The quantitative estimate of drug-likeness (QED) is 0.194. The van der Waals surface area contributed by atoms with Crippen LogP contribution in [0.3, 0.4) is 0 Å². The summed E-state index contributed by atoms with van der Waals surface area (Å²) < 4.78 is 67.4. The van der Waals surface area contributed by atoms with Crippen molar-refractivity contribution in [3.8, 4) is 22.9 Å². The Morgan fingerprint density at radius 3 is 2.54 bits per heavy atom. The fourth-order valence-corrected chi connectivity index (χ4v) is 7.60. The number of benzene rings is 2. The molecule has 256 valence electrons. The molecule has 10 nitrogen and oxygen atoms in total. The number of halogens is 2. The van der Waals surface area contributed by atoms with Gasteiger partial charge >= 0.3 is 6.09 Å². The van der Waals surface area contributed by atoms with Crippen molar-refractivity contribution in [2.45, 2.75) is 71.5 Å². The minimum absolute atomic E-state index is 0.0534. The second-order valence-corrected chi connectivity index (χ2v) is 15.7. The van der Waals surface area contributed by atoms with Gasteiger partial charge in [-0.3, -0.25) is 0 Å². The number of pyridine rings is 1. The molecular formula is C35H41F2N5O5S. The molecule has 1 fully saturated rings. The number of sulfone groups is 1. The molecule has 4 aromatic rings. The number of carbonyl (C=O) groups excluding carboxylic acids is 1. The molecule has 5 rings (SSSR count). The number of piperidine rings is 1. The van der Waals surface area contributed by atoms with Crippen molar-refractivity contribution in [1.82, 2.24) is 19.9 Å². The normalized spacial score (nSPS) is 17.1. The predicted molar refractivity (Wildman–Crippen MR) is 181 cm³/mol. The highest BCUT2D eigenvalue weighted by Gasteiger charge is 2.33. The lowest BCUT2D eigenvalue weighted by atomic mass is 10.0. The van der Waals surface area contributed by atoms with E-state index in [1.807, 2.05) is 20.8 Å². The van der Waals surface area contributed by atoms with Crippen LogP contribution in [0.4, 0.5) is 19.5 Å². The number of hydrogen-bond donors (Lipinski definition) is 1. The van der Waals surface area contributed by atoms with Crippen LogP contribution >= 0.6 is 0 Å². The Hall–Kier alpha value is -4.39. The van der Waals surface area contributed by atoms with Gasteiger partial charge in [0.1, 0.15) is 23.3 Å². The van der Waals surface area contributed by atoms with E-state index in [0.29, 0.717) is 27.8 Å². The lowest BCUT2D eigenvalue weighted by Gasteiger charge is -2.36. The van der Waals surface area contributed by atoms with Crippen molar-refractivity contribution >= 4 is 32.7 Å². The molecule has 1 N–H and O–H groups in total. The van der Waals surface area contributed by atoms with E-state index < -0.39 is 45.3 Å². The highest BCUT2D eigenvalue weighted by molar-refractivity contribution is 7.90. The fraction of sp³-hybridized carbons (Fsp3) is 0.429. The minimum atomic E-state index is -3.56. The van der Waals surface area contributed by atoms with Crippen LogP contribution in [0.15, 0.2) is 54.9 Å². The largest absolute Gasteiger partial charge is 0.444 e. The van der Waals surface area contributed by atoms with Crippen LogP contribution in [-0.4, -0.2) is 71.0 Å². The van der Waals surface area contributed by atoms with Crippen LogP contribution in [-0.2, 0) is 20.3 Å². The first-order valence-electron chi connectivity index (χ1n) is 15.8. The summed E-state index contributed by atoms with van der Waals surface area (Å²) in [5.41, 5.74) is 1.12. The molecule has 2 atom stereocenters. The van der Waals surface area contributed by atoms with Gasteiger partial charge in [-0.25, -0.2) is 36.9 Å². The van der Waals surface area contributed by atoms with Gasteiger partial charge in [0.2, 0.25) is 11.8 Å². The molecule has 1 aliphatic heterocycles. The Kier molecular flexibility index (Phi) is 10.2. The molecule has 2 aromatic heterocycles. The van der Waals surface area contributed by atoms with E-state index in [2.05, 4.69) is 20.3 Å². The third-order valence-corrected chi connectivity index (χ3v) is 9.54. The van der Waals surface area contributed by atoms with E-state index in [1.165, 1.54) is 11.0 Å². The number of hydrogen-bond acceptors (Lipinski definition) is 9. The minimum Gasteiger partial charge on any atom is -0.444 e. The van der Waals surface area contributed by atoms with Crippen molar-refractivity contribution < 1.29 is 31.5 Å². The molecule has 0 radical (unpaired) electrons. The summed E-state index contributed by atoms with van der Waals surface area (Å²) in [4.78, 5) is 27.4. The predicted octanol–water partition coefficient (Wildman–Crippen LogP) is 7.26. The van der Waals surface area contributed by atoms with Crippen molar-refractivity contribution in [2.75, 3.05) is 24.2 Å². The Morgan fingerprint density at radius 1 is 1.06 bits per heavy atom. The van der Waals surface area contributed by atoms with E-state index in [1.54, 1.807) is 69.6 Å². The third-order valence-electron chi connectivity index (χ3n) is 7.64. The summed E-state index contributed by atoms with van der Waals surface area (Å²) in [5, 5.41) is 4.14. The summed E-state index contributed by atoms with van der Waals surface area (Å²) in [5.74, 6) is -0.325. The van der Waals surface area contributed by atoms with Crippen molar-refractivity contribution in [1.29, 1.82) is 0 Å². The van der Waals surface area contributed by atoms with Gasteiger partial charge in [0.05, 0.1) is 29.3 Å². The molecule has 1 aliphatic rings. The van der Waals surface area contributed by atoms with Crippen molar-refractivity contribution in [2.24, 2.45) is 5.92 Å². The summed E-state index contributed by atoms with van der Waals surface area (Å²) in [6, 6.07) is 11.0. The van der Waals surface area contributed by atoms with Gasteiger partial charge in [-0.05, 0) is 74.9 Å². The molecule has 1 saturated heterocycles. The lowest BCUT2D eigenvalue weighted by Crippen LogP contribution is -2.51. The smallest absolute Gasteiger partial charge is 0.410 e. The fourth-order valence-electron chi connectivity index (χ4n) is 5.73. The van der Waals surface area contributed by atoms with Gasteiger partial charge in [0.25, 0.3) is 0 Å². The number of aromatic nitrogens is 3. The number of rotatable bonds is 9. The summed E-state index contributed by atoms with van der Waals surface area (Å²) >= 11 is 0. The molecule has 2 aromatic carbocycles. The number of carbonyl (C=O) groups is 1. The highest BCUT2D eigenvalue weighted by Crippen LogP contribution is 2.38. The monoisotopic (exact) mass is 681 g/mol. The van der Waals surface area contributed by atoms with Gasteiger partial charge in [-0.1, -0.05) is 26.0 Å². The van der Waals surface area contributed by atoms with E-state index in [-0.39, 0.29) is 48.6 Å². The molecule has 0 aliphatic carbocycles. The standard InChI is InChI=1S/C35H41F2N5O5S/c1-21(2)19-48(44,45)20-28-25-10-9-22(3)31(26(25)11-12-29(28)37)46-32-27(8-7-14-38-32)30-13-15-39-33(41-30)40-24-16-23(36)17-42(18-24)34(43)47-35(4,5)6/h7-15,21,23-24H,16-20H2,1-6H3,(H,39,40,41)/t23-,24-/m0/s1. The second-order valence-electron chi connectivity index (χ2n) is 13.6. The maximum absolute atomic E-state index is 15.1. The van der Waals surface area contributed by atoms with Gasteiger partial charge < -0.3 is 19.7 Å². The Bertz CT molecular complexity index is 1920. The topological polar surface area (TPSA) is 124 Å². The van der Waals surface area contributed by atoms with Crippen molar-refractivity contribution in [3.63, 3.8) is 0 Å². The molecule has 0 spiro atoms. The van der Waals surface area contributed by atoms with Crippen LogP contribution in [0.25, 0.3) is 22.0 Å². The maximum Gasteiger partial charge on any atom is 0.410 e. The number of aryl methyl sites for hydroxylation is 1.